The fourth-order valence-corrected chi connectivity index (χ4v) is 2.54. The van der Waals surface area contributed by atoms with Gasteiger partial charge in [0.15, 0.2) is 0 Å². The van der Waals surface area contributed by atoms with Crippen molar-refractivity contribution in [1.29, 1.82) is 0 Å². The number of hydrogen-bond donors (Lipinski definition) is 1. The van der Waals surface area contributed by atoms with E-state index >= 15 is 0 Å². The summed E-state index contributed by atoms with van der Waals surface area (Å²) in [4.78, 5) is 4.50. The lowest BCUT2D eigenvalue weighted by Crippen LogP contribution is -2.24. The van der Waals surface area contributed by atoms with Gasteiger partial charge in [-0.15, -0.1) is 12.4 Å². The topological polar surface area (TPSA) is 82.8 Å². The zero-order chi connectivity index (χ0) is 16.6. The molecular formula is C17H22ClN5O. The van der Waals surface area contributed by atoms with Crippen molar-refractivity contribution in [3.8, 4) is 22.8 Å². The SMILES string of the molecule is Cc1c(-c2nc(-c3ccc(CN)cc3)no2)cnn1C(C)(C)C.Cl. The molecule has 2 N–H and O–H groups in total. The number of halogens is 1. The molecule has 0 aliphatic heterocycles. The van der Waals surface area contributed by atoms with Crippen molar-refractivity contribution in [3.05, 3.63) is 41.7 Å². The molecule has 0 bridgehead atoms. The molecule has 0 fully saturated rings. The van der Waals surface area contributed by atoms with Crippen LogP contribution in [0, 0.1) is 6.92 Å². The summed E-state index contributed by atoms with van der Waals surface area (Å²) in [6, 6.07) is 7.83. The second-order valence-electron chi connectivity index (χ2n) is 6.55. The van der Waals surface area contributed by atoms with Crippen LogP contribution >= 0.6 is 12.4 Å². The van der Waals surface area contributed by atoms with E-state index in [9.17, 15) is 0 Å². The number of benzene rings is 1. The summed E-state index contributed by atoms with van der Waals surface area (Å²) in [5.41, 5.74) is 9.35. The van der Waals surface area contributed by atoms with Crippen LogP contribution in [0.3, 0.4) is 0 Å². The molecule has 0 saturated heterocycles. The Morgan fingerprint density at radius 3 is 2.38 bits per heavy atom. The standard InChI is InChI=1S/C17H21N5O.ClH/c1-11-14(10-19-22(11)17(2,3)4)16-20-15(21-23-16)13-7-5-12(9-18)6-8-13;/h5-8,10H,9,18H2,1-4H3;1H. The largest absolute Gasteiger partial charge is 0.333 e. The minimum atomic E-state index is -0.0940. The third kappa shape index (κ3) is 3.34. The average molecular weight is 348 g/mol. The highest BCUT2D eigenvalue weighted by atomic mass is 35.5. The monoisotopic (exact) mass is 347 g/mol. The highest BCUT2D eigenvalue weighted by Gasteiger charge is 2.22. The Bertz CT molecular complexity index is 814. The highest BCUT2D eigenvalue weighted by Crippen LogP contribution is 2.27. The van der Waals surface area contributed by atoms with Gasteiger partial charge in [-0.3, -0.25) is 4.68 Å². The fraction of sp³-hybridized carbons (Fsp3) is 0.353. The van der Waals surface area contributed by atoms with Crippen LogP contribution in [0.2, 0.25) is 0 Å². The third-order valence-electron chi connectivity index (χ3n) is 3.75. The molecular weight excluding hydrogens is 326 g/mol. The lowest BCUT2D eigenvalue weighted by molar-refractivity contribution is 0.348. The van der Waals surface area contributed by atoms with E-state index in [4.69, 9.17) is 10.3 Å². The predicted octanol–water partition coefficient (Wildman–Crippen LogP) is 3.54. The van der Waals surface area contributed by atoms with Crippen molar-refractivity contribution in [1.82, 2.24) is 19.9 Å². The third-order valence-corrected chi connectivity index (χ3v) is 3.75. The van der Waals surface area contributed by atoms with Crippen LogP contribution in [-0.2, 0) is 12.1 Å². The van der Waals surface area contributed by atoms with Gasteiger partial charge in [0, 0.05) is 17.8 Å². The molecule has 3 aromatic rings. The Hall–Kier alpha value is -2.18. The number of aromatic nitrogens is 4. The molecule has 0 unspecified atom stereocenters. The van der Waals surface area contributed by atoms with E-state index in [2.05, 4.69) is 36.0 Å². The van der Waals surface area contributed by atoms with Gasteiger partial charge in [-0.05, 0) is 33.3 Å². The van der Waals surface area contributed by atoms with Crippen LogP contribution in [0.25, 0.3) is 22.8 Å². The van der Waals surface area contributed by atoms with E-state index in [1.165, 1.54) is 0 Å². The summed E-state index contributed by atoms with van der Waals surface area (Å²) in [6.45, 7) is 8.84. The summed E-state index contributed by atoms with van der Waals surface area (Å²) in [7, 11) is 0. The molecule has 0 radical (unpaired) electrons. The van der Waals surface area contributed by atoms with Crippen molar-refractivity contribution in [2.45, 2.75) is 39.8 Å². The van der Waals surface area contributed by atoms with Crippen molar-refractivity contribution >= 4 is 12.4 Å². The van der Waals surface area contributed by atoms with Gasteiger partial charge in [-0.1, -0.05) is 29.4 Å². The Morgan fingerprint density at radius 1 is 1.17 bits per heavy atom. The second kappa shape index (κ2) is 6.75. The Labute approximate surface area is 147 Å². The first-order valence-corrected chi connectivity index (χ1v) is 7.58. The smallest absolute Gasteiger partial charge is 0.261 e. The van der Waals surface area contributed by atoms with Gasteiger partial charge >= 0.3 is 0 Å². The molecule has 6 nitrogen and oxygen atoms in total. The zero-order valence-corrected chi connectivity index (χ0v) is 15.1. The quantitative estimate of drug-likeness (QED) is 0.783. The molecule has 3 rings (SSSR count). The molecule has 0 spiro atoms. The number of rotatable bonds is 3. The summed E-state index contributed by atoms with van der Waals surface area (Å²) >= 11 is 0. The lowest BCUT2D eigenvalue weighted by Gasteiger charge is -2.21. The molecule has 2 heterocycles. The van der Waals surface area contributed by atoms with E-state index in [0.29, 0.717) is 18.3 Å². The normalized spacial score (nSPS) is 11.4. The molecule has 0 aliphatic carbocycles. The Morgan fingerprint density at radius 2 is 1.83 bits per heavy atom. The molecule has 2 aromatic heterocycles. The first-order chi connectivity index (χ1) is 10.9. The van der Waals surface area contributed by atoms with Crippen molar-refractivity contribution in [2.24, 2.45) is 5.73 Å². The van der Waals surface area contributed by atoms with E-state index < -0.39 is 0 Å². The molecule has 0 amide bonds. The van der Waals surface area contributed by atoms with Gasteiger partial charge in [-0.2, -0.15) is 10.1 Å². The molecule has 0 aliphatic rings. The summed E-state index contributed by atoms with van der Waals surface area (Å²) in [5.74, 6) is 1.04. The van der Waals surface area contributed by atoms with E-state index in [0.717, 1.165) is 22.4 Å². The molecule has 7 heteroatoms. The van der Waals surface area contributed by atoms with Crippen molar-refractivity contribution < 1.29 is 4.52 Å². The summed E-state index contributed by atoms with van der Waals surface area (Å²) < 4.78 is 7.39. The van der Waals surface area contributed by atoms with Gasteiger partial charge in [0.05, 0.1) is 17.3 Å². The lowest BCUT2D eigenvalue weighted by atomic mass is 10.1. The molecule has 0 saturated carbocycles. The zero-order valence-electron chi connectivity index (χ0n) is 14.3. The maximum absolute atomic E-state index is 5.61. The van der Waals surface area contributed by atoms with Crippen LogP contribution < -0.4 is 5.73 Å². The number of hydrogen-bond acceptors (Lipinski definition) is 5. The van der Waals surface area contributed by atoms with E-state index in [1.54, 1.807) is 6.20 Å². The van der Waals surface area contributed by atoms with Crippen molar-refractivity contribution in [3.63, 3.8) is 0 Å². The van der Waals surface area contributed by atoms with Gasteiger partial charge < -0.3 is 10.3 Å². The second-order valence-corrected chi connectivity index (χ2v) is 6.55. The van der Waals surface area contributed by atoms with Gasteiger partial charge in [-0.25, -0.2) is 0 Å². The highest BCUT2D eigenvalue weighted by molar-refractivity contribution is 5.85. The van der Waals surface area contributed by atoms with Gasteiger partial charge in [0.2, 0.25) is 5.82 Å². The van der Waals surface area contributed by atoms with E-state index in [-0.39, 0.29) is 17.9 Å². The number of nitrogens with zero attached hydrogens (tertiary/aromatic N) is 4. The molecule has 24 heavy (non-hydrogen) atoms. The first-order valence-electron chi connectivity index (χ1n) is 7.58. The van der Waals surface area contributed by atoms with Crippen molar-refractivity contribution in [2.75, 3.05) is 0 Å². The maximum atomic E-state index is 5.61. The van der Waals surface area contributed by atoms with Gasteiger partial charge in [0.1, 0.15) is 0 Å². The Balaban J connectivity index is 0.00000208. The number of nitrogens with two attached hydrogens (primary N) is 1. The summed E-state index contributed by atoms with van der Waals surface area (Å²) in [6.07, 6.45) is 1.77. The fourth-order valence-electron chi connectivity index (χ4n) is 2.54. The Kier molecular flexibility index (Phi) is 5.11. The summed E-state index contributed by atoms with van der Waals surface area (Å²) in [5, 5.41) is 8.52. The van der Waals surface area contributed by atoms with Crippen LogP contribution in [0.1, 0.15) is 32.0 Å². The maximum Gasteiger partial charge on any atom is 0.261 e. The van der Waals surface area contributed by atoms with Gasteiger partial charge in [0.25, 0.3) is 5.89 Å². The van der Waals surface area contributed by atoms with Crippen LogP contribution in [-0.4, -0.2) is 19.9 Å². The first kappa shape index (κ1) is 18.2. The average Bonchev–Trinajstić information content (AvgIpc) is 3.13. The minimum absolute atomic E-state index is 0. The minimum Gasteiger partial charge on any atom is -0.333 e. The van der Waals surface area contributed by atoms with Crippen LogP contribution in [0.5, 0.6) is 0 Å². The van der Waals surface area contributed by atoms with Crippen LogP contribution in [0.4, 0.5) is 0 Å². The molecule has 128 valence electrons. The predicted molar refractivity (Wildman–Crippen MR) is 95.8 cm³/mol. The van der Waals surface area contributed by atoms with Crippen LogP contribution in [0.15, 0.2) is 35.0 Å². The molecule has 1 aromatic carbocycles. The molecule has 0 atom stereocenters. The van der Waals surface area contributed by atoms with E-state index in [1.807, 2.05) is 35.9 Å².